The fourth-order valence-corrected chi connectivity index (χ4v) is 3.59. The molecule has 0 saturated carbocycles. The molecule has 6 nitrogen and oxygen atoms in total. The van der Waals surface area contributed by atoms with Gasteiger partial charge in [-0.2, -0.15) is 0 Å². The third-order valence-corrected chi connectivity index (χ3v) is 4.91. The molecule has 4 rings (SSSR count). The Morgan fingerprint density at radius 2 is 2.20 bits per heavy atom. The second kappa shape index (κ2) is 7.11. The summed E-state index contributed by atoms with van der Waals surface area (Å²) >= 11 is 0. The molecule has 1 aliphatic rings. The van der Waals surface area contributed by atoms with Gasteiger partial charge < -0.3 is 20.3 Å². The van der Waals surface area contributed by atoms with Crippen LogP contribution in [0.2, 0.25) is 0 Å². The van der Waals surface area contributed by atoms with Crippen molar-refractivity contribution in [1.82, 2.24) is 15.0 Å². The van der Waals surface area contributed by atoms with Gasteiger partial charge in [-0.05, 0) is 30.9 Å². The molecule has 3 heterocycles. The first-order valence-corrected chi connectivity index (χ1v) is 8.83. The van der Waals surface area contributed by atoms with Crippen LogP contribution in [-0.4, -0.2) is 45.8 Å². The Balaban J connectivity index is 1.41. The van der Waals surface area contributed by atoms with Crippen LogP contribution in [0.3, 0.4) is 0 Å². The first-order chi connectivity index (χ1) is 12.3. The van der Waals surface area contributed by atoms with Gasteiger partial charge in [0.05, 0.1) is 12.6 Å². The largest absolute Gasteiger partial charge is 0.394 e. The molecule has 25 heavy (non-hydrogen) atoms. The number of aliphatic hydroxyl groups is 1. The molecule has 0 amide bonds. The van der Waals surface area contributed by atoms with E-state index in [0.717, 1.165) is 44.0 Å². The number of benzene rings is 1. The van der Waals surface area contributed by atoms with Crippen molar-refractivity contribution in [1.29, 1.82) is 0 Å². The third-order valence-electron chi connectivity index (χ3n) is 4.91. The number of aliphatic hydroxyl groups excluding tert-OH is 1. The van der Waals surface area contributed by atoms with E-state index in [1.54, 1.807) is 6.33 Å². The average Bonchev–Trinajstić information content (AvgIpc) is 3.29. The van der Waals surface area contributed by atoms with Crippen LogP contribution >= 0.6 is 0 Å². The first kappa shape index (κ1) is 15.9. The highest BCUT2D eigenvalue weighted by atomic mass is 16.3. The maximum Gasteiger partial charge on any atom is 0.134 e. The number of hydrogen-bond donors (Lipinski definition) is 3. The normalized spacial score (nSPS) is 17.3. The van der Waals surface area contributed by atoms with Gasteiger partial charge in [0.1, 0.15) is 18.0 Å². The number of anilines is 2. The summed E-state index contributed by atoms with van der Waals surface area (Å²) < 4.78 is 0. The number of nitrogens with zero attached hydrogens (tertiary/aromatic N) is 3. The lowest BCUT2D eigenvalue weighted by atomic mass is 10.1. The molecular weight excluding hydrogens is 314 g/mol. The fourth-order valence-electron chi connectivity index (χ4n) is 3.59. The molecule has 1 saturated heterocycles. The standard InChI is InChI=1S/C19H23N5O/c25-12-15-4-3-9-24(15)19-10-18(22-13-23-19)20-8-7-14-11-21-17-6-2-1-5-16(14)17/h1-2,5-6,10-11,13,15,21,25H,3-4,7-9,12H2,(H,20,22,23)/t15-/m1/s1. The van der Waals surface area contributed by atoms with Crippen molar-refractivity contribution in [3.63, 3.8) is 0 Å². The van der Waals surface area contributed by atoms with Crippen LogP contribution in [0.4, 0.5) is 11.6 Å². The van der Waals surface area contributed by atoms with Crippen LogP contribution < -0.4 is 10.2 Å². The highest BCUT2D eigenvalue weighted by molar-refractivity contribution is 5.83. The lowest BCUT2D eigenvalue weighted by Crippen LogP contribution is -2.32. The van der Waals surface area contributed by atoms with Gasteiger partial charge in [-0.1, -0.05) is 18.2 Å². The van der Waals surface area contributed by atoms with E-state index in [2.05, 4.69) is 49.6 Å². The van der Waals surface area contributed by atoms with Gasteiger partial charge in [-0.25, -0.2) is 9.97 Å². The van der Waals surface area contributed by atoms with Gasteiger partial charge in [0.2, 0.25) is 0 Å². The van der Waals surface area contributed by atoms with Crippen LogP contribution in [0, 0.1) is 0 Å². The zero-order valence-electron chi connectivity index (χ0n) is 14.2. The smallest absolute Gasteiger partial charge is 0.134 e. The summed E-state index contributed by atoms with van der Waals surface area (Å²) in [6.07, 6.45) is 6.71. The minimum absolute atomic E-state index is 0.174. The summed E-state index contributed by atoms with van der Waals surface area (Å²) in [7, 11) is 0. The van der Waals surface area contributed by atoms with Crippen molar-refractivity contribution in [3.8, 4) is 0 Å². The van der Waals surface area contributed by atoms with Crippen molar-refractivity contribution in [2.45, 2.75) is 25.3 Å². The molecular formula is C19H23N5O. The minimum Gasteiger partial charge on any atom is -0.394 e. The summed E-state index contributed by atoms with van der Waals surface area (Å²) in [4.78, 5) is 14.2. The summed E-state index contributed by atoms with van der Waals surface area (Å²) in [5, 5.41) is 14.2. The molecule has 1 atom stereocenters. The van der Waals surface area contributed by atoms with Gasteiger partial charge in [-0.15, -0.1) is 0 Å². The molecule has 0 radical (unpaired) electrons. The lowest BCUT2D eigenvalue weighted by Gasteiger charge is -2.24. The van der Waals surface area contributed by atoms with Crippen LogP contribution in [0.1, 0.15) is 18.4 Å². The molecule has 1 fully saturated rings. The van der Waals surface area contributed by atoms with Crippen LogP contribution in [-0.2, 0) is 6.42 Å². The predicted molar refractivity (Wildman–Crippen MR) is 100.0 cm³/mol. The fraction of sp³-hybridized carbons (Fsp3) is 0.368. The highest BCUT2D eigenvalue weighted by Crippen LogP contribution is 2.24. The molecule has 3 aromatic rings. The van der Waals surface area contributed by atoms with E-state index in [1.807, 2.05) is 12.1 Å². The zero-order valence-corrected chi connectivity index (χ0v) is 14.2. The number of aromatic amines is 1. The molecule has 1 aromatic carbocycles. The monoisotopic (exact) mass is 337 g/mol. The number of para-hydroxylation sites is 1. The van der Waals surface area contributed by atoms with Gasteiger partial charge >= 0.3 is 0 Å². The SMILES string of the molecule is OC[C@H]1CCCN1c1cc(NCCc2c[nH]c3ccccc23)ncn1. The second-order valence-electron chi connectivity index (χ2n) is 6.47. The minimum atomic E-state index is 0.174. The zero-order chi connectivity index (χ0) is 17.1. The number of hydrogen-bond acceptors (Lipinski definition) is 5. The second-order valence-corrected chi connectivity index (χ2v) is 6.47. The Bertz CT molecular complexity index is 846. The topological polar surface area (TPSA) is 77.1 Å². The van der Waals surface area contributed by atoms with Crippen molar-refractivity contribution >= 4 is 22.5 Å². The Morgan fingerprint density at radius 3 is 3.12 bits per heavy atom. The van der Waals surface area contributed by atoms with Crippen molar-refractivity contribution < 1.29 is 5.11 Å². The third kappa shape index (κ3) is 3.30. The molecule has 3 N–H and O–H groups in total. The summed E-state index contributed by atoms with van der Waals surface area (Å²) in [5.41, 5.74) is 2.48. The molecule has 0 aliphatic carbocycles. The molecule has 130 valence electrons. The molecule has 0 unspecified atom stereocenters. The number of rotatable bonds is 6. The van der Waals surface area contributed by atoms with Gasteiger partial charge in [0, 0.05) is 36.3 Å². The van der Waals surface area contributed by atoms with Crippen LogP contribution in [0.5, 0.6) is 0 Å². The summed E-state index contributed by atoms with van der Waals surface area (Å²) in [6.45, 7) is 1.92. The number of H-pyrrole nitrogens is 1. The summed E-state index contributed by atoms with van der Waals surface area (Å²) in [6, 6.07) is 10.5. The number of fused-ring (bicyclic) bond motifs is 1. The van der Waals surface area contributed by atoms with Crippen molar-refractivity contribution in [2.75, 3.05) is 29.9 Å². The molecule has 0 bridgehead atoms. The van der Waals surface area contributed by atoms with E-state index in [4.69, 9.17) is 0 Å². The van der Waals surface area contributed by atoms with Crippen LogP contribution in [0.15, 0.2) is 42.9 Å². The average molecular weight is 337 g/mol. The maximum absolute atomic E-state index is 9.50. The van der Waals surface area contributed by atoms with Gasteiger partial charge in [0.15, 0.2) is 0 Å². The molecule has 2 aromatic heterocycles. The van der Waals surface area contributed by atoms with Crippen LogP contribution in [0.25, 0.3) is 10.9 Å². The van der Waals surface area contributed by atoms with E-state index in [9.17, 15) is 5.11 Å². The molecule has 1 aliphatic heterocycles. The van der Waals surface area contributed by atoms with Gasteiger partial charge in [-0.3, -0.25) is 0 Å². The number of aromatic nitrogens is 3. The maximum atomic E-state index is 9.50. The van der Waals surface area contributed by atoms with Crippen molar-refractivity contribution in [3.05, 3.63) is 48.4 Å². The Morgan fingerprint density at radius 1 is 1.28 bits per heavy atom. The van der Waals surface area contributed by atoms with Gasteiger partial charge in [0.25, 0.3) is 0 Å². The summed E-state index contributed by atoms with van der Waals surface area (Å²) in [5.74, 6) is 1.72. The quantitative estimate of drug-likeness (QED) is 0.644. The van der Waals surface area contributed by atoms with E-state index in [-0.39, 0.29) is 12.6 Å². The highest BCUT2D eigenvalue weighted by Gasteiger charge is 2.25. The van der Waals surface area contributed by atoms with E-state index in [0.29, 0.717) is 0 Å². The predicted octanol–water partition coefficient (Wildman–Crippen LogP) is 2.57. The molecule has 6 heteroatoms. The Kier molecular flexibility index (Phi) is 4.52. The first-order valence-electron chi connectivity index (χ1n) is 8.83. The molecule has 0 spiro atoms. The lowest BCUT2D eigenvalue weighted by molar-refractivity contribution is 0.266. The number of nitrogens with one attached hydrogen (secondary N) is 2. The Labute approximate surface area is 146 Å². The van der Waals surface area contributed by atoms with E-state index < -0.39 is 0 Å². The van der Waals surface area contributed by atoms with Crippen molar-refractivity contribution in [2.24, 2.45) is 0 Å². The van der Waals surface area contributed by atoms with E-state index in [1.165, 1.54) is 16.5 Å². The van der Waals surface area contributed by atoms with E-state index >= 15 is 0 Å². The Hall–Kier alpha value is -2.60.